The van der Waals surface area contributed by atoms with Crippen LogP contribution in [-0.2, 0) is 4.74 Å². The number of amides is 1. The normalized spacial score (nSPS) is 14.3. The van der Waals surface area contributed by atoms with Gasteiger partial charge in [-0.3, -0.25) is 4.79 Å². The molecule has 1 amide bonds. The van der Waals surface area contributed by atoms with E-state index < -0.39 is 0 Å². The van der Waals surface area contributed by atoms with Gasteiger partial charge in [0, 0.05) is 38.6 Å². The SMILES string of the molecule is CN(C)CCNc1ncc(C(=O)Nc2ccccc2N2CCOCC2)cn1. The van der Waals surface area contributed by atoms with Crippen molar-refractivity contribution < 1.29 is 9.53 Å². The number of anilines is 3. The number of para-hydroxylation sites is 2. The molecule has 0 unspecified atom stereocenters. The predicted octanol–water partition coefficient (Wildman–Crippen LogP) is 1.54. The lowest BCUT2D eigenvalue weighted by Crippen LogP contribution is -2.36. The first-order valence-corrected chi connectivity index (χ1v) is 9.07. The molecule has 0 radical (unpaired) electrons. The number of likely N-dealkylation sites (N-methyl/N-ethyl adjacent to an activating group) is 1. The molecule has 2 aromatic rings. The number of hydrogen-bond donors (Lipinski definition) is 2. The summed E-state index contributed by atoms with van der Waals surface area (Å²) in [6.45, 7) is 4.62. The second-order valence-electron chi connectivity index (χ2n) is 6.60. The highest BCUT2D eigenvalue weighted by Crippen LogP contribution is 2.26. The first-order chi connectivity index (χ1) is 13.1. The third-order valence-electron chi connectivity index (χ3n) is 4.26. The molecule has 0 atom stereocenters. The van der Waals surface area contributed by atoms with Crippen LogP contribution in [0.5, 0.6) is 0 Å². The van der Waals surface area contributed by atoms with Crippen LogP contribution in [0.4, 0.5) is 17.3 Å². The van der Waals surface area contributed by atoms with E-state index in [0.29, 0.717) is 24.7 Å². The summed E-state index contributed by atoms with van der Waals surface area (Å²) in [4.78, 5) is 25.3. The minimum Gasteiger partial charge on any atom is -0.378 e. The first kappa shape index (κ1) is 19.1. The van der Waals surface area contributed by atoms with Crippen molar-refractivity contribution in [2.24, 2.45) is 0 Å². The third-order valence-corrected chi connectivity index (χ3v) is 4.26. The van der Waals surface area contributed by atoms with E-state index in [9.17, 15) is 4.79 Å². The van der Waals surface area contributed by atoms with Crippen molar-refractivity contribution in [3.63, 3.8) is 0 Å². The van der Waals surface area contributed by atoms with Gasteiger partial charge >= 0.3 is 0 Å². The van der Waals surface area contributed by atoms with Gasteiger partial charge in [-0.1, -0.05) is 12.1 Å². The van der Waals surface area contributed by atoms with Crippen molar-refractivity contribution in [1.82, 2.24) is 14.9 Å². The molecule has 1 aromatic carbocycles. The Morgan fingerprint density at radius 1 is 1.19 bits per heavy atom. The van der Waals surface area contributed by atoms with Gasteiger partial charge in [-0.25, -0.2) is 9.97 Å². The van der Waals surface area contributed by atoms with Crippen LogP contribution in [-0.4, -0.2) is 74.3 Å². The Bertz CT molecular complexity index is 744. The fourth-order valence-electron chi connectivity index (χ4n) is 2.78. The summed E-state index contributed by atoms with van der Waals surface area (Å²) < 4.78 is 5.41. The van der Waals surface area contributed by atoms with E-state index in [4.69, 9.17) is 4.74 Å². The average Bonchev–Trinajstić information content (AvgIpc) is 2.69. The van der Waals surface area contributed by atoms with Crippen molar-refractivity contribution >= 4 is 23.2 Å². The predicted molar refractivity (Wildman–Crippen MR) is 107 cm³/mol. The number of nitrogens with zero attached hydrogens (tertiary/aromatic N) is 4. The Hall–Kier alpha value is -2.71. The molecule has 3 rings (SSSR count). The second-order valence-corrected chi connectivity index (χ2v) is 6.60. The fraction of sp³-hybridized carbons (Fsp3) is 0.421. The zero-order valence-corrected chi connectivity index (χ0v) is 15.8. The van der Waals surface area contributed by atoms with Gasteiger partial charge in [0.1, 0.15) is 0 Å². The van der Waals surface area contributed by atoms with E-state index in [-0.39, 0.29) is 5.91 Å². The number of benzene rings is 1. The highest BCUT2D eigenvalue weighted by Gasteiger charge is 2.16. The summed E-state index contributed by atoms with van der Waals surface area (Å²) in [6, 6.07) is 7.79. The molecule has 27 heavy (non-hydrogen) atoms. The summed E-state index contributed by atoms with van der Waals surface area (Å²) in [5, 5.41) is 6.10. The minimum atomic E-state index is -0.226. The Morgan fingerprint density at radius 2 is 1.89 bits per heavy atom. The van der Waals surface area contributed by atoms with E-state index in [1.165, 1.54) is 12.4 Å². The van der Waals surface area contributed by atoms with Crippen molar-refractivity contribution in [3.05, 3.63) is 42.2 Å². The van der Waals surface area contributed by atoms with Gasteiger partial charge in [0.15, 0.2) is 0 Å². The molecule has 1 aromatic heterocycles. The van der Waals surface area contributed by atoms with Crippen molar-refractivity contribution in [2.75, 3.05) is 69.0 Å². The number of carbonyl (C=O) groups excluding carboxylic acids is 1. The van der Waals surface area contributed by atoms with E-state index in [1.807, 2.05) is 38.4 Å². The number of nitrogens with one attached hydrogen (secondary N) is 2. The summed E-state index contributed by atoms with van der Waals surface area (Å²) in [5.41, 5.74) is 2.19. The monoisotopic (exact) mass is 370 g/mol. The van der Waals surface area contributed by atoms with Crippen molar-refractivity contribution in [3.8, 4) is 0 Å². The van der Waals surface area contributed by atoms with Gasteiger partial charge in [0.2, 0.25) is 5.95 Å². The lowest BCUT2D eigenvalue weighted by molar-refractivity contribution is 0.102. The summed E-state index contributed by atoms with van der Waals surface area (Å²) in [7, 11) is 4.01. The Balaban J connectivity index is 1.63. The van der Waals surface area contributed by atoms with E-state index in [2.05, 4.69) is 30.4 Å². The standard InChI is InChI=1S/C19H26N6O2/c1-24(2)8-7-20-19-21-13-15(14-22-19)18(26)23-16-5-3-4-6-17(16)25-9-11-27-12-10-25/h3-6,13-14H,7-12H2,1-2H3,(H,23,26)(H,20,21,22). The van der Waals surface area contributed by atoms with Crippen LogP contribution in [0.15, 0.2) is 36.7 Å². The molecule has 1 aliphatic rings. The highest BCUT2D eigenvalue weighted by atomic mass is 16.5. The van der Waals surface area contributed by atoms with E-state index in [0.717, 1.165) is 37.6 Å². The van der Waals surface area contributed by atoms with Gasteiger partial charge in [-0.05, 0) is 26.2 Å². The maximum Gasteiger partial charge on any atom is 0.258 e. The van der Waals surface area contributed by atoms with Gasteiger partial charge in [0.05, 0.1) is 30.2 Å². The maximum absolute atomic E-state index is 12.6. The molecule has 0 spiro atoms. The Kier molecular flexibility index (Phi) is 6.56. The smallest absolute Gasteiger partial charge is 0.258 e. The number of aromatic nitrogens is 2. The van der Waals surface area contributed by atoms with Gasteiger partial charge in [-0.2, -0.15) is 0 Å². The van der Waals surface area contributed by atoms with Crippen LogP contribution in [0, 0.1) is 0 Å². The van der Waals surface area contributed by atoms with Crippen LogP contribution in [0.3, 0.4) is 0 Å². The van der Waals surface area contributed by atoms with Crippen LogP contribution in [0.2, 0.25) is 0 Å². The quantitative estimate of drug-likeness (QED) is 0.765. The van der Waals surface area contributed by atoms with Crippen LogP contribution in [0.25, 0.3) is 0 Å². The molecular weight excluding hydrogens is 344 g/mol. The Morgan fingerprint density at radius 3 is 2.59 bits per heavy atom. The molecular formula is C19H26N6O2. The maximum atomic E-state index is 12.6. The van der Waals surface area contributed by atoms with Crippen molar-refractivity contribution in [1.29, 1.82) is 0 Å². The lowest BCUT2D eigenvalue weighted by Gasteiger charge is -2.30. The molecule has 0 bridgehead atoms. The average molecular weight is 370 g/mol. The molecule has 1 saturated heterocycles. The molecule has 8 nitrogen and oxygen atoms in total. The highest BCUT2D eigenvalue weighted by molar-refractivity contribution is 6.05. The Labute approximate surface area is 159 Å². The summed E-state index contributed by atoms with van der Waals surface area (Å²) >= 11 is 0. The molecule has 0 saturated carbocycles. The van der Waals surface area contributed by atoms with E-state index in [1.54, 1.807) is 0 Å². The zero-order chi connectivity index (χ0) is 19.1. The molecule has 144 valence electrons. The number of morpholine rings is 1. The molecule has 8 heteroatoms. The minimum absolute atomic E-state index is 0.226. The van der Waals surface area contributed by atoms with Crippen LogP contribution >= 0.6 is 0 Å². The molecule has 1 fully saturated rings. The van der Waals surface area contributed by atoms with Crippen LogP contribution in [0.1, 0.15) is 10.4 Å². The number of hydrogen-bond acceptors (Lipinski definition) is 7. The first-order valence-electron chi connectivity index (χ1n) is 9.07. The van der Waals surface area contributed by atoms with Crippen LogP contribution < -0.4 is 15.5 Å². The van der Waals surface area contributed by atoms with Crippen molar-refractivity contribution in [2.45, 2.75) is 0 Å². The van der Waals surface area contributed by atoms with E-state index >= 15 is 0 Å². The number of carbonyl (C=O) groups is 1. The summed E-state index contributed by atoms with van der Waals surface area (Å²) in [5.74, 6) is 0.290. The summed E-state index contributed by atoms with van der Waals surface area (Å²) in [6.07, 6.45) is 3.08. The molecule has 0 aliphatic carbocycles. The fourth-order valence-corrected chi connectivity index (χ4v) is 2.78. The number of rotatable bonds is 7. The van der Waals surface area contributed by atoms with Gasteiger partial charge in [-0.15, -0.1) is 0 Å². The molecule has 2 N–H and O–H groups in total. The topological polar surface area (TPSA) is 82.6 Å². The third kappa shape index (κ3) is 5.38. The van der Waals surface area contributed by atoms with Gasteiger partial charge < -0.3 is 25.2 Å². The largest absolute Gasteiger partial charge is 0.378 e. The lowest BCUT2D eigenvalue weighted by atomic mass is 10.2. The zero-order valence-electron chi connectivity index (χ0n) is 15.8. The second kappa shape index (κ2) is 9.29. The van der Waals surface area contributed by atoms with Gasteiger partial charge in [0.25, 0.3) is 5.91 Å². The molecule has 2 heterocycles. The number of ether oxygens (including phenoxy) is 1. The molecule has 1 aliphatic heterocycles.